The molecule has 0 N–H and O–H groups in total. The van der Waals surface area contributed by atoms with Crippen molar-refractivity contribution < 1.29 is 0 Å². The molecule has 2 heterocycles. The van der Waals surface area contributed by atoms with Crippen molar-refractivity contribution in [3.8, 4) is 16.9 Å². The third-order valence-corrected chi connectivity index (χ3v) is 4.92. The second-order valence-electron chi connectivity index (χ2n) is 5.48. The van der Waals surface area contributed by atoms with E-state index in [-0.39, 0.29) is 0 Å². The zero-order valence-corrected chi connectivity index (χ0v) is 14.5. The summed E-state index contributed by atoms with van der Waals surface area (Å²) < 4.78 is 3.85. The van der Waals surface area contributed by atoms with Crippen LogP contribution in [0.4, 0.5) is 0 Å². The third-order valence-electron chi connectivity index (χ3n) is 3.88. The van der Waals surface area contributed by atoms with E-state index in [1.54, 1.807) is 16.4 Å². The number of rotatable bonds is 5. The third kappa shape index (κ3) is 3.18. The lowest BCUT2D eigenvalue weighted by Gasteiger charge is -2.06. The predicted molar refractivity (Wildman–Crippen MR) is 97.4 cm³/mol. The van der Waals surface area contributed by atoms with Gasteiger partial charge in [0.05, 0.1) is 23.3 Å². The molecule has 0 unspecified atom stereocenters. The standard InChI is InChI=1S/C18H16N6S/c1-23-16(14-8-4-2-5-9-14)12-19-18(23)25-13-17-20-21-22-24(17)15-10-6-3-7-11-15/h2-12H,13H2,1H3. The minimum atomic E-state index is 0.640. The summed E-state index contributed by atoms with van der Waals surface area (Å²) in [7, 11) is 2.03. The van der Waals surface area contributed by atoms with Gasteiger partial charge in [0.2, 0.25) is 0 Å². The number of hydrogen-bond donors (Lipinski definition) is 0. The van der Waals surface area contributed by atoms with Gasteiger partial charge in [-0.2, -0.15) is 4.68 Å². The summed E-state index contributed by atoms with van der Waals surface area (Å²) in [6, 6.07) is 20.1. The lowest BCUT2D eigenvalue weighted by Crippen LogP contribution is -2.02. The van der Waals surface area contributed by atoms with Crippen molar-refractivity contribution in [2.45, 2.75) is 10.9 Å². The van der Waals surface area contributed by atoms with Crippen LogP contribution < -0.4 is 0 Å². The van der Waals surface area contributed by atoms with E-state index in [1.807, 2.05) is 61.8 Å². The number of hydrogen-bond acceptors (Lipinski definition) is 5. The Kier molecular flexibility index (Phi) is 4.30. The summed E-state index contributed by atoms with van der Waals surface area (Å²) in [6.45, 7) is 0. The number of para-hydroxylation sites is 1. The van der Waals surface area contributed by atoms with Gasteiger partial charge in [-0.25, -0.2) is 4.98 Å². The van der Waals surface area contributed by atoms with Gasteiger partial charge in [-0.15, -0.1) is 5.10 Å². The quantitative estimate of drug-likeness (QED) is 0.518. The fraction of sp³-hybridized carbons (Fsp3) is 0.111. The van der Waals surface area contributed by atoms with Crippen LogP contribution >= 0.6 is 11.8 Å². The van der Waals surface area contributed by atoms with Crippen LogP contribution in [0.3, 0.4) is 0 Å². The number of benzene rings is 2. The van der Waals surface area contributed by atoms with Gasteiger partial charge in [0.25, 0.3) is 0 Å². The van der Waals surface area contributed by atoms with E-state index in [9.17, 15) is 0 Å². The van der Waals surface area contributed by atoms with Crippen molar-refractivity contribution >= 4 is 11.8 Å². The van der Waals surface area contributed by atoms with Gasteiger partial charge in [-0.1, -0.05) is 60.3 Å². The van der Waals surface area contributed by atoms with E-state index < -0.39 is 0 Å². The fourth-order valence-corrected chi connectivity index (χ4v) is 3.46. The van der Waals surface area contributed by atoms with Crippen LogP contribution in [-0.2, 0) is 12.8 Å². The van der Waals surface area contributed by atoms with Crippen LogP contribution in [0.1, 0.15) is 5.82 Å². The number of imidazole rings is 1. The van der Waals surface area contributed by atoms with Crippen molar-refractivity contribution in [1.29, 1.82) is 0 Å². The summed E-state index contributed by atoms with van der Waals surface area (Å²) >= 11 is 1.62. The molecule has 0 aliphatic rings. The van der Waals surface area contributed by atoms with Crippen molar-refractivity contribution in [2.24, 2.45) is 7.05 Å². The molecule has 2 aromatic carbocycles. The van der Waals surface area contributed by atoms with Crippen LogP contribution in [-0.4, -0.2) is 29.8 Å². The highest BCUT2D eigenvalue weighted by Crippen LogP contribution is 2.26. The molecule has 7 heteroatoms. The number of aromatic nitrogens is 6. The highest BCUT2D eigenvalue weighted by Gasteiger charge is 2.12. The summed E-state index contributed by atoms with van der Waals surface area (Å²) in [5, 5.41) is 13.0. The molecule has 0 atom stereocenters. The number of nitrogens with zero attached hydrogens (tertiary/aromatic N) is 6. The van der Waals surface area contributed by atoms with E-state index in [2.05, 4.69) is 37.2 Å². The molecule has 0 saturated carbocycles. The maximum Gasteiger partial charge on any atom is 0.168 e. The van der Waals surface area contributed by atoms with Crippen LogP contribution in [0.2, 0.25) is 0 Å². The molecule has 124 valence electrons. The van der Waals surface area contributed by atoms with Crippen molar-refractivity contribution in [1.82, 2.24) is 29.8 Å². The molecule has 0 bridgehead atoms. The van der Waals surface area contributed by atoms with E-state index >= 15 is 0 Å². The van der Waals surface area contributed by atoms with Crippen LogP contribution in [0, 0.1) is 0 Å². The van der Waals surface area contributed by atoms with E-state index in [0.717, 1.165) is 27.9 Å². The molecule has 2 aromatic heterocycles. The SMILES string of the molecule is Cn1c(-c2ccccc2)cnc1SCc1nnnn1-c1ccccc1. The fourth-order valence-electron chi connectivity index (χ4n) is 2.60. The van der Waals surface area contributed by atoms with Gasteiger partial charge in [0.1, 0.15) is 0 Å². The molecular weight excluding hydrogens is 332 g/mol. The van der Waals surface area contributed by atoms with Gasteiger partial charge in [0, 0.05) is 7.05 Å². The van der Waals surface area contributed by atoms with Crippen LogP contribution in [0.5, 0.6) is 0 Å². The Labute approximate surface area is 149 Å². The first-order valence-corrected chi connectivity index (χ1v) is 8.84. The Bertz CT molecular complexity index is 962. The topological polar surface area (TPSA) is 61.4 Å². The van der Waals surface area contributed by atoms with Crippen molar-refractivity contribution in [3.63, 3.8) is 0 Å². The minimum absolute atomic E-state index is 0.640. The Morgan fingerprint density at radius 3 is 2.44 bits per heavy atom. The molecule has 0 amide bonds. The van der Waals surface area contributed by atoms with E-state index in [4.69, 9.17) is 0 Å². The smallest absolute Gasteiger partial charge is 0.168 e. The molecule has 0 aliphatic carbocycles. The van der Waals surface area contributed by atoms with Gasteiger partial charge in [-0.05, 0) is 28.1 Å². The average Bonchev–Trinajstić information content (AvgIpc) is 3.28. The van der Waals surface area contributed by atoms with E-state index in [0.29, 0.717) is 5.75 Å². The highest BCUT2D eigenvalue weighted by molar-refractivity contribution is 7.98. The van der Waals surface area contributed by atoms with Crippen molar-refractivity contribution in [2.75, 3.05) is 0 Å². The molecule has 0 saturated heterocycles. The monoisotopic (exact) mass is 348 g/mol. The van der Waals surface area contributed by atoms with Gasteiger partial charge >= 0.3 is 0 Å². The summed E-state index contributed by atoms with van der Waals surface area (Å²) in [5.74, 6) is 1.43. The summed E-state index contributed by atoms with van der Waals surface area (Å²) in [6.07, 6.45) is 1.90. The first-order valence-electron chi connectivity index (χ1n) is 7.85. The maximum atomic E-state index is 4.54. The van der Waals surface area contributed by atoms with Gasteiger partial charge in [0.15, 0.2) is 11.0 Å². The lowest BCUT2D eigenvalue weighted by atomic mass is 10.2. The second kappa shape index (κ2) is 6.90. The Morgan fingerprint density at radius 1 is 0.960 bits per heavy atom. The molecule has 6 nitrogen and oxygen atoms in total. The second-order valence-corrected chi connectivity index (χ2v) is 6.42. The Balaban J connectivity index is 1.54. The number of tetrazole rings is 1. The first-order chi connectivity index (χ1) is 12.3. The first kappa shape index (κ1) is 15.6. The van der Waals surface area contributed by atoms with Gasteiger partial charge < -0.3 is 4.57 Å². The molecule has 4 aromatic rings. The minimum Gasteiger partial charge on any atom is -0.322 e. The highest BCUT2D eigenvalue weighted by atomic mass is 32.2. The molecule has 4 rings (SSSR count). The molecule has 25 heavy (non-hydrogen) atoms. The van der Waals surface area contributed by atoms with Gasteiger partial charge in [-0.3, -0.25) is 0 Å². The Morgan fingerprint density at radius 2 is 1.68 bits per heavy atom. The average molecular weight is 348 g/mol. The zero-order chi connectivity index (χ0) is 17.1. The largest absolute Gasteiger partial charge is 0.322 e. The number of thioether (sulfide) groups is 1. The Hall–Kier alpha value is -2.93. The molecule has 0 aliphatic heterocycles. The molecule has 0 fully saturated rings. The zero-order valence-electron chi connectivity index (χ0n) is 13.6. The van der Waals surface area contributed by atoms with Crippen LogP contribution in [0.15, 0.2) is 72.0 Å². The summed E-state index contributed by atoms with van der Waals surface area (Å²) in [5.41, 5.74) is 3.19. The normalized spacial score (nSPS) is 10.9. The predicted octanol–water partition coefficient (Wildman–Crippen LogP) is 3.36. The lowest BCUT2D eigenvalue weighted by molar-refractivity contribution is 0.774. The molecule has 0 radical (unpaired) electrons. The van der Waals surface area contributed by atoms with E-state index in [1.165, 1.54) is 0 Å². The van der Waals surface area contributed by atoms with Crippen molar-refractivity contribution in [3.05, 3.63) is 72.7 Å². The molecule has 0 spiro atoms. The van der Waals surface area contributed by atoms with Crippen LogP contribution in [0.25, 0.3) is 16.9 Å². The molecular formula is C18H16N6S. The summed E-state index contributed by atoms with van der Waals surface area (Å²) in [4.78, 5) is 4.54. The maximum absolute atomic E-state index is 4.54.